The van der Waals surface area contributed by atoms with Crippen LogP contribution in [0.1, 0.15) is 38.5 Å². The van der Waals surface area contributed by atoms with Gasteiger partial charge in [-0.25, -0.2) is 4.39 Å². The number of nitrogens with one attached hydrogen (secondary N) is 1. The number of benzene rings is 1. The Morgan fingerprint density at radius 3 is 2.38 bits per heavy atom. The number of aliphatic carboxylic acids is 1. The van der Waals surface area contributed by atoms with Crippen LogP contribution in [0.5, 0.6) is 5.75 Å². The molecule has 7 heteroatoms. The zero-order valence-corrected chi connectivity index (χ0v) is 13.9. The summed E-state index contributed by atoms with van der Waals surface area (Å²) in [4.78, 5) is 23.6. The van der Waals surface area contributed by atoms with E-state index in [1.807, 2.05) is 0 Å². The molecule has 3 fully saturated rings. The first-order chi connectivity index (χ1) is 11.3. The number of carboxylic acid groups (broad SMARTS) is 1. The molecular weight excluding hydrogens is 337 g/mol. The van der Waals surface area contributed by atoms with Gasteiger partial charge >= 0.3 is 5.97 Å². The van der Waals surface area contributed by atoms with Gasteiger partial charge in [-0.3, -0.25) is 9.59 Å². The normalized spacial score (nSPS) is 28.4. The van der Waals surface area contributed by atoms with Gasteiger partial charge in [0.2, 0.25) is 0 Å². The van der Waals surface area contributed by atoms with E-state index in [0.717, 1.165) is 6.07 Å². The number of hydrogen-bond donors (Lipinski definition) is 2. The molecule has 0 radical (unpaired) electrons. The molecule has 5 nitrogen and oxygen atoms in total. The van der Waals surface area contributed by atoms with Gasteiger partial charge in [0.05, 0.1) is 10.4 Å². The highest BCUT2D eigenvalue weighted by Gasteiger charge is 2.53. The Morgan fingerprint density at radius 2 is 1.83 bits per heavy atom. The van der Waals surface area contributed by atoms with Crippen molar-refractivity contribution in [1.82, 2.24) is 5.32 Å². The molecule has 3 saturated carbocycles. The van der Waals surface area contributed by atoms with Crippen molar-refractivity contribution < 1.29 is 23.8 Å². The number of carbonyl (C=O) groups excluding carboxylic acids is 1. The molecule has 1 aromatic rings. The summed E-state index contributed by atoms with van der Waals surface area (Å²) in [7, 11) is 0. The van der Waals surface area contributed by atoms with Gasteiger partial charge in [0.25, 0.3) is 5.91 Å². The molecule has 0 aliphatic heterocycles. The van der Waals surface area contributed by atoms with Gasteiger partial charge in [0.15, 0.2) is 6.61 Å². The Morgan fingerprint density at radius 1 is 1.21 bits per heavy atom. The third-order valence-electron chi connectivity index (χ3n) is 5.37. The fourth-order valence-corrected chi connectivity index (χ4v) is 3.86. The number of carbonyl (C=O) groups is 2. The van der Waals surface area contributed by atoms with Crippen molar-refractivity contribution >= 4 is 23.5 Å². The highest BCUT2D eigenvalue weighted by molar-refractivity contribution is 6.30. The maximum Gasteiger partial charge on any atom is 0.309 e. The van der Waals surface area contributed by atoms with E-state index >= 15 is 0 Å². The van der Waals surface area contributed by atoms with Crippen LogP contribution in [0.2, 0.25) is 5.02 Å². The number of ether oxygens (including phenoxy) is 1. The minimum Gasteiger partial charge on any atom is -0.484 e. The van der Waals surface area contributed by atoms with Crippen LogP contribution in [0.4, 0.5) is 4.39 Å². The average molecular weight is 356 g/mol. The second-order valence-corrected chi connectivity index (χ2v) is 7.19. The van der Waals surface area contributed by atoms with Crippen molar-refractivity contribution in [3.05, 3.63) is 29.0 Å². The largest absolute Gasteiger partial charge is 0.484 e. The number of rotatable bonds is 5. The van der Waals surface area contributed by atoms with Gasteiger partial charge in [-0.15, -0.1) is 0 Å². The van der Waals surface area contributed by atoms with Crippen LogP contribution < -0.4 is 10.1 Å². The fraction of sp³-hybridized carbons (Fsp3) is 0.529. The zero-order chi connectivity index (χ0) is 17.4. The van der Waals surface area contributed by atoms with E-state index in [4.69, 9.17) is 16.3 Å². The first-order valence-corrected chi connectivity index (χ1v) is 8.34. The van der Waals surface area contributed by atoms with Crippen molar-refractivity contribution in [2.75, 3.05) is 6.61 Å². The van der Waals surface area contributed by atoms with Gasteiger partial charge in [0, 0.05) is 11.6 Å². The lowest BCUT2D eigenvalue weighted by Gasteiger charge is -2.51. The molecule has 3 aliphatic rings. The maximum atomic E-state index is 13.3. The number of carboxylic acids is 1. The smallest absolute Gasteiger partial charge is 0.309 e. The summed E-state index contributed by atoms with van der Waals surface area (Å²) in [5, 5.41) is 12.4. The lowest BCUT2D eigenvalue weighted by atomic mass is 9.57. The molecule has 2 bridgehead atoms. The van der Waals surface area contributed by atoms with Crippen LogP contribution in [0.25, 0.3) is 0 Å². The van der Waals surface area contributed by atoms with Gasteiger partial charge in [-0.05, 0) is 50.7 Å². The van der Waals surface area contributed by atoms with Crippen LogP contribution in [0.15, 0.2) is 18.2 Å². The SMILES string of the molecule is O=C(COc1ccc(Cl)c(F)c1)NC12CCC(C(=O)O)(CC1)CC2. The van der Waals surface area contributed by atoms with E-state index in [0.29, 0.717) is 38.5 Å². The van der Waals surface area contributed by atoms with Crippen LogP contribution >= 0.6 is 11.6 Å². The fourth-order valence-electron chi connectivity index (χ4n) is 3.74. The standard InChI is InChI=1S/C17H19ClFNO4/c18-12-2-1-11(9-13(12)19)24-10-14(21)20-17-6-3-16(4-7-17,5-8-17)15(22)23/h1-2,9H,3-8,10H2,(H,20,21)(H,22,23). The quantitative estimate of drug-likeness (QED) is 0.850. The molecule has 0 aromatic heterocycles. The predicted molar refractivity (Wildman–Crippen MR) is 85.5 cm³/mol. The van der Waals surface area contributed by atoms with Crippen molar-refractivity contribution in [2.24, 2.45) is 5.41 Å². The Kier molecular flexibility index (Phi) is 4.42. The topological polar surface area (TPSA) is 75.6 Å². The van der Waals surface area contributed by atoms with E-state index in [1.54, 1.807) is 0 Å². The number of hydrogen-bond acceptors (Lipinski definition) is 3. The summed E-state index contributed by atoms with van der Waals surface area (Å²) in [5.74, 6) is -1.37. The minimum atomic E-state index is -0.727. The van der Waals surface area contributed by atoms with Gasteiger partial charge in [0.1, 0.15) is 11.6 Å². The molecule has 1 aromatic carbocycles. The predicted octanol–water partition coefficient (Wildman–Crippen LogP) is 3.15. The molecule has 0 saturated heterocycles. The molecule has 0 heterocycles. The van der Waals surface area contributed by atoms with E-state index < -0.39 is 17.2 Å². The van der Waals surface area contributed by atoms with E-state index in [2.05, 4.69) is 5.32 Å². The molecule has 24 heavy (non-hydrogen) atoms. The van der Waals surface area contributed by atoms with Crippen LogP contribution in [-0.2, 0) is 9.59 Å². The summed E-state index contributed by atoms with van der Waals surface area (Å²) >= 11 is 5.60. The van der Waals surface area contributed by atoms with Crippen molar-refractivity contribution in [1.29, 1.82) is 0 Å². The third kappa shape index (κ3) is 3.20. The Balaban J connectivity index is 1.54. The molecule has 2 N–H and O–H groups in total. The second kappa shape index (κ2) is 6.24. The third-order valence-corrected chi connectivity index (χ3v) is 5.67. The molecule has 0 spiro atoms. The van der Waals surface area contributed by atoms with Crippen molar-refractivity contribution in [3.8, 4) is 5.75 Å². The first-order valence-electron chi connectivity index (χ1n) is 7.97. The lowest BCUT2D eigenvalue weighted by Crippen LogP contribution is -2.58. The molecule has 0 atom stereocenters. The van der Waals surface area contributed by atoms with E-state index in [-0.39, 0.29) is 28.8 Å². The monoisotopic (exact) mass is 355 g/mol. The maximum absolute atomic E-state index is 13.3. The van der Waals surface area contributed by atoms with Gasteiger partial charge < -0.3 is 15.2 Å². The lowest BCUT2D eigenvalue weighted by molar-refractivity contribution is -0.157. The minimum absolute atomic E-state index is 0.00276. The number of amides is 1. The average Bonchev–Trinajstić information content (AvgIpc) is 2.57. The summed E-state index contributed by atoms with van der Waals surface area (Å²) in [6.45, 7) is -0.215. The summed E-state index contributed by atoms with van der Waals surface area (Å²) < 4.78 is 18.6. The molecular formula is C17H19ClFNO4. The highest BCUT2D eigenvalue weighted by Crippen LogP contribution is 2.52. The Bertz CT molecular complexity index is 654. The first kappa shape index (κ1) is 17.0. The molecule has 3 aliphatic carbocycles. The summed E-state index contributed by atoms with van der Waals surface area (Å²) in [6.07, 6.45) is 3.77. The molecule has 4 rings (SSSR count). The van der Waals surface area contributed by atoms with Crippen LogP contribution in [0, 0.1) is 11.2 Å². The highest BCUT2D eigenvalue weighted by atomic mass is 35.5. The summed E-state index contributed by atoms with van der Waals surface area (Å²) in [5.41, 5.74) is -0.938. The van der Waals surface area contributed by atoms with Gasteiger partial charge in [-0.1, -0.05) is 11.6 Å². The van der Waals surface area contributed by atoms with Gasteiger partial charge in [-0.2, -0.15) is 0 Å². The second-order valence-electron chi connectivity index (χ2n) is 6.78. The Labute approximate surface area is 144 Å². The van der Waals surface area contributed by atoms with Crippen molar-refractivity contribution in [3.63, 3.8) is 0 Å². The van der Waals surface area contributed by atoms with E-state index in [9.17, 15) is 19.1 Å². The molecule has 130 valence electrons. The number of fused-ring (bicyclic) bond motifs is 3. The Hall–Kier alpha value is -1.82. The number of halogens is 2. The summed E-state index contributed by atoms with van der Waals surface area (Å²) in [6, 6.07) is 4.01. The zero-order valence-electron chi connectivity index (χ0n) is 13.1. The van der Waals surface area contributed by atoms with E-state index in [1.165, 1.54) is 12.1 Å². The molecule has 1 amide bonds. The van der Waals surface area contributed by atoms with Crippen molar-refractivity contribution in [2.45, 2.75) is 44.1 Å². The van der Waals surface area contributed by atoms with Crippen LogP contribution in [-0.4, -0.2) is 29.1 Å². The van der Waals surface area contributed by atoms with Crippen LogP contribution in [0.3, 0.4) is 0 Å². The molecule has 0 unspecified atom stereocenters.